The first kappa shape index (κ1) is 16.0. The molecule has 1 unspecified atom stereocenters. The number of rotatable bonds is 4. The number of para-hydroxylation sites is 1. The van der Waals surface area contributed by atoms with Crippen LogP contribution in [0.25, 0.3) is 0 Å². The van der Waals surface area contributed by atoms with E-state index < -0.39 is 23.2 Å². The number of carbonyl (C=O) groups excluding carboxylic acids is 2. The molecule has 1 aromatic heterocycles. The zero-order valence-corrected chi connectivity index (χ0v) is 12.7. The molecule has 2 aromatic rings. The lowest BCUT2D eigenvalue weighted by Gasteiger charge is -2.16. The maximum absolute atomic E-state index is 13.5. The van der Waals surface area contributed by atoms with E-state index in [1.54, 1.807) is 4.90 Å². The van der Waals surface area contributed by atoms with Crippen molar-refractivity contribution in [1.29, 1.82) is 0 Å². The first-order chi connectivity index (χ1) is 11.5. The standard InChI is InChI=1S/C17H15F2N3O2/c18-12-7-14(19)16(20-9-12)17(24)21-8-11-6-15(23)22(10-11)13-4-2-1-3-5-13/h1-5,7,9,11H,6,8,10H2,(H,21,24). The van der Waals surface area contributed by atoms with Gasteiger partial charge in [-0.05, 0) is 12.1 Å². The predicted molar refractivity (Wildman–Crippen MR) is 83.4 cm³/mol. The minimum atomic E-state index is -1.01. The summed E-state index contributed by atoms with van der Waals surface area (Å²) in [6.07, 6.45) is 1.09. The molecular formula is C17H15F2N3O2. The second-order valence-corrected chi connectivity index (χ2v) is 5.60. The molecule has 1 aliphatic heterocycles. The average molecular weight is 331 g/mol. The molecule has 0 radical (unpaired) electrons. The molecule has 1 fully saturated rings. The van der Waals surface area contributed by atoms with Crippen molar-refractivity contribution in [2.75, 3.05) is 18.0 Å². The van der Waals surface area contributed by atoms with Crippen LogP contribution in [0.15, 0.2) is 42.6 Å². The lowest BCUT2D eigenvalue weighted by molar-refractivity contribution is -0.117. The molecule has 1 aliphatic rings. The monoisotopic (exact) mass is 331 g/mol. The number of nitrogens with one attached hydrogen (secondary N) is 1. The van der Waals surface area contributed by atoms with E-state index in [2.05, 4.69) is 10.3 Å². The lowest BCUT2D eigenvalue weighted by atomic mass is 10.1. The molecule has 1 atom stereocenters. The number of halogens is 2. The largest absolute Gasteiger partial charge is 0.350 e. The molecule has 1 N–H and O–H groups in total. The molecule has 24 heavy (non-hydrogen) atoms. The molecule has 0 aliphatic carbocycles. The van der Waals surface area contributed by atoms with Gasteiger partial charge >= 0.3 is 0 Å². The maximum Gasteiger partial charge on any atom is 0.272 e. The van der Waals surface area contributed by atoms with Crippen LogP contribution in [0.1, 0.15) is 16.9 Å². The Morgan fingerprint density at radius 1 is 1.29 bits per heavy atom. The van der Waals surface area contributed by atoms with Crippen molar-refractivity contribution in [2.45, 2.75) is 6.42 Å². The van der Waals surface area contributed by atoms with Gasteiger partial charge in [-0.15, -0.1) is 0 Å². The van der Waals surface area contributed by atoms with Crippen molar-refractivity contribution in [1.82, 2.24) is 10.3 Å². The van der Waals surface area contributed by atoms with Gasteiger partial charge in [-0.1, -0.05) is 18.2 Å². The molecule has 0 bridgehead atoms. The van der Waals surface area contributed by atoms with Gasteiger partial charge in [0.05, 0.1) is 6.20 Å². The minimum absolute atomic E-state index is 0.0217. The van der Waals surface area contributed by atoms with Crippen molar-refractivity contribution in [2.24, 2.45) is 5.92 Å². The Morgan fingerprint density at radius 3 is 2.75 bits per heavy atom. The molecular weight excluding hydrogens is 316 g/mol. The molecule has 1 aromatic carbocycles. The van der Waals surface area contributed by atoms with E-state index in [-0.39, 0.29) is 18.4 Å². The highest BCUT2D eigenvalue weighted by atomic mass is 19.1. The molecule has 124 valence electrons. The van der Waals surface area contributed by atoms with Crippen molar-refractivity contribution in [3.63, 3.8) is 0 Å². The van der Waals surface area contributed by atoms with Crippen molar-refractivity contribution >= 4 is 17.5 Å². The SMILES string of the molecule is O=C(NCC1CC(=O)N(c2ccccc2)C1)c1ncc(F)cc1F. The van der Waals surface area contributed by atoms with E-state index in [1.165, 1.54) is 0 Å². The van der Waals surface area contributed by atoms with Crippen LogP contribution in [0.4, 0.5) is 14.5 Å². The van der Waals surface area contributed by atoms with Crippen LogP contribution in [-0.2, 0) is 4.79 Å². The van der Waals surface area contributed by atoms with Gasteiger partial charge in [0.2, 0.25) is 5.91 Å². The molecule has 2 heterocycles. The van der Waals surface area contributed by atoms with Gasteiger partial charge in [-0.3, -0.25) is 9.59 Å². The fourth-order valence-electron chi connectivity index (χ4n) is 2.68. The first-order valence-electron chi connectivity index (χ1n) is 7.49. The van der Waals surface area contributed by atoms with Gasteiger partial charge in [0.15, 0.2) is 11.5 Å². The molecule has 7 heteroatoms. The summed E-state index contributed by atoms with van der Waals surface area (Å²) in [4.78, 5) is 29.1. The molecule has 5 nitrogen and oxygen atoms in total. The van der Waals surface area contributed by atoms with Crippen LogP contribution in [0, 0.1) is 17.6 Å². The van der Waals surface area contributed by atoms with Crippen LogP contribution >= 0.6 is 0 Å². The van der Waals surface area contributed by atoms with E-state index in [9.17, 15) is 18.4 Å². The number of benzene rings is 1. The third-order valence-electron chi connectivity index (χ3n) is 3.85. The summed E-state index contributed by atoms with van der Waals surface area (Å²) in [5.74, 6) is -2.68. The first-order valence-corrected chi connectivity index (χ1v) is 7.49. The smallest absolute Gasteiger partial charge is 0.272 e. The topological polar surface area (TPSA) is 62.3 Å². The Hall–Kier alpha value is -2.83. The Labute approximate surface area is 137 Å². The number of carbonyl (C=O) groups is 2. The van der Waals surface area contributed by atoms with Crippen LogP contribution in [0.3, 0.4) is 0 Å². The predicted octanol–water partition coefficient (Wildman–Crippen LogP) is 2.14. The Kier molecular flexibility index (Phi) is 4.50. The Balaban J connectivity index is 1.59. The molecule has 3 rings (SSSR count). The Morgan fingerprint density at radius 2 is 2.04 bits per heavy atom. The van der Waals surface area contributed by atoms with Crippen LogP contribution < -0.4 is 10.2 Å². The summed E-state index contributed by atoms with van der Waals surface area (Å²) in [6, 6.07) is 9.86. The van der Waals surface area contributed by atoms with E-state index in [4.69, 9.17) is 0 Å². The highest BCUT2D eigenvalue weighted by Gasteiger charge is 2.30. The molecule has 1 saturated heterocycles. The maximum atomic E-state index is 13.5. The van der Waals surface area contributed by atoms with E-state index in [0.717, 1.165) is 11.9 Å². The number of hydrogen-bond acceptors (Lipinski definition) is 3. The van der Waals surface area contributed by atoms with E-state index in [1.807, 2.05) is 30.3 Å². The van der Waals surface area contributed by atoms with Crippen LogP contribution in [-0.4, -0.2) is 29.9 Å². The number of pyridine rings is 1. The number of anilines is 1. The van der Waals surface area contributed by atoms with Gasteiger partial charge in [-0.2, -0.15) is 0 Å². The highest BCUT2D eigenvalue weighted by molar-refractivity contribution is 5.96. The third-order valence-corrected chi connectivity index (χ3v) is 3.85. The molecule has 0 spiro atoms. The van der Waals surface area contributed by atoms with Crippen molar-refractivity contribution in [3.8, 4) is 0 Å². The number of amides is 2. The summed E-state index contributed by atoms with van der Waals surface area (Å²) >= 11 is 0. The lowest BCUT2D eigenvalue weighted by Crippen LogP contribution is -2.32. The van der Waals surface area contributed by atoms with Crippen LogP contribution in [0.2, 0.25) is 0 Å². The van der Waals surface area contributed by atoms with Gasteiger partial charge < -0.3 is 10.2 Å². The molecule has 0 saturated carbocycles. The molecule has 2 amide bonds. The van der Waals surface area contributed by atoms with Crippen molar-refractivity contribution in [3.05, 3.63) is 59.9 Å². The Bertz CT molecular complexity index is 768. The zero-order chi connectivity index (χ0) is 17.1. The zero-order valence-electron chi connectivity index (χ0n) is 12.7. The van der Waals surface area contributed by atoms with Gasteiger partial charge in [0, 0.05) is 37.2 Å². The second-order valence-electron chi connectivity index (χ2n) is 5.60. The number of aromatic nitrogens is 1. The highest BCUT2D eigenvalue weighted by Crippen LogP contribution is 2.24. The second kappa shape index (κ2) is 6.74. The minimum Gasteiger partial charge on any atom is -0.350 e. The van der Waals surface area contributed by atoms with E-state index in [0.29, 0.717) is 19.0 Å². The average Bonchev–Trinajstić information content (AvgIpc) is 2.94. The fraction of sp³-hybridized carbons (Fsp3) is 0.235. The normalized spacial score (nSPS) is 17.2. The van der Waals surface area contributed by atoms with Gasteiger partial charge in [0.1, 0.15) is 5.82 Å². The van der Waals surface area contributed by atoms with Crippen LogP contribution in [0.5, 0.6) is 0 Å². The fourth-order valence-corrected chi connectivity index (χ4v) is 2.68. The third kappa shape index (κ3) is 3.40. The van der Waals surface area contributed by atoms with Crippen molar-refractivity contribution < 1.29 is 18.4 Å². The summed E-state index contributed by atoms with van der Waals surface area (Å²) in [7, 11) is 0. The quantitative estimate of drug-likeness (QED) is 0.934. The summed E-state index contributed by atoms with van der Waals surface area (Å²) in [5, 5.41) is 2.55. The summed E-state index contributed by atoms with van der Waals surface area (Å²) in [6.45, 7) is 0.689. The number of nitrogens with zero attached hydrogens (tertiary/aromatic N) is 2. The van der Waals surface area contributed by atoms with E-state index >= 15 is 0 Å². The van der Waals surface area contributed by atoms with Gasteiger partial charge in [-0.25, -0.2) is 13.8 Å². The number of hydrogen-bond donors (Lipinski definition) is 1. The van der Waals surface area contributed by atoms with Gasteiger partial charge in [0.25, 0.3) is 5.91 Å². The summed E-state index contributed by atoms with van der Waals surface area (Å²) < 4.78 is 26.3. The summed E-state index contributed by atoms with van der Waals surface area (Å²) in [5.41, 5.74) is 0.350.